The molecule has 84 valence electrons. The van der Waals surface area contributed by atoms with Crippen LogP contribution in [0.15, 0.2) is 0 Å². The molecule has 0 aromatic heterocycles. The van der Waals surface area contributed by atoms with Crippen molar-refractivity contribution in [2.24, 2.45) is 0 Å². The normalized spacial score (nSPS) is 15.3. The number of nitrogens with zero attached hydrogens (tertiary/aromatic N) is 1. The molecule has 0 saturated carbocycles. The molecular weight excluding hydrogens is 208 g/mol. The van der Waals surface area contributed by atoms with E-state index < -0.39 is 0 Å². The molecule has 0 bridgehead atoms. The second kappa shape index (κ2) is 7.61. The van der Waals surface area contributed by atoms with Gasteiger partial charge in [-0.2, -0.15) is 0 Å². The Hall–Kier alpha value is -0.660. The Bertz CT molecular complexity index is 231. The highest BCUT2D eigenvalue weighted by Crippen LogP contribution is 2.06. The van der Waals surface area contributed by atoms with Crippen LogP contribution in [-0.4, -0.2) is 48.5 Å². The van der Waals surface area contributed by atoms with E-state index in [-0.39, 0.29) is 5.91 Å². The Morgan fingerprint density at radius 2 is 2.20 bits per heavy atom. The van der Waals surface area contributed by atoms with Gasteiger partial charge in [-0.3, -0.25) is 4.79 Å². The largest absolute Gasteiger partial charge is 0.342 e. The third-order valence-corrected chi connectivity index (χ3v) is 3.21. The molecule has 0 unspecified atom stereocenters. The molecule has 1 heterocycles. The van der Waals surface area contributed by atoms with Crippen molar-refractivity contribution < 1.29 is 4.79 Å². The number of amides is 1. The Balaban J connectivity index is 1.95. The Morgan fingerprint density at radius 1 is 1.47 bits per heavy atom. The standard InChI is InChI=1S/C11H18N2OS/c1-2-8-15-9-5-12-10-11(14)13-6-3-4-7-13/h1,12H,3-10H2. The maximum Gasteiger partial charge on any atom is 0.236 e. The molecule has 4 heteroatoms. The van der Waals surface area contributed by atoms with Crippen LogP contribution < -0.4 is 5.32 Å². The van der Waals surface area contributed by atoms with Crippen molar-refractivity contribution in [1.82, 2.24) is 10.2 Å². The van der Waals surface area contributed by atoms with Gasteiger partial charge in [0, 0.05) is 25.4 Å². The van der Waals surface area contributed by atoms with Crippen LogP contribution in [0.25, 0.3) is 0 Å². The average Bonchev–Trinajstić information content (AvgIpc) is 2.76. The topological polar surface area (TPSA) is 32.3 Å². The lowest BCUT2D eigenvalue weighted by atomic mass is 10.4. The minimum absolute atomic E-state index is 0.231. The minimum Gasteiger partial charge on any atom is -0.342 e. The second-order valence-electron chi connectivity index (χ2n) is 3.52. The summed E-state index contributed by atoms with van der Waals surface area (Å²) in [5.74, 6) is 4.52. The summed E-state index contributed by atoms with van der Waals surface area (Å²) in [5.41, 5.74) is 0. The summed E-state index contributed by atoms with van der Waals surface area (Å²) < 4.78 is 0. The zero-order valence-electron chi connectivity index (χ0n) is 9.00. The molecule has 0 aromatic carbocycles. The van der Waals surface area contributed by atoms with Crippen molar-refractivity contribution in [3.8, 4) is 12.3 Å². The smallest absolute Gasteiger partial charge is 0.236 e. The molecule has 0 spiro atoms. The fourth-order valence-corrected chi connectivity index (χ4v) is 2.10. The van der Waals surface area contributed by atoms with Crippen molar-refractivity contribution in [3.63, 3.8) is 0 Å². The maximum atomic E-state index is 11.6. The Kier molecular flexibility index (Phi) is 6.29. The molecule has 0 radical (unpaired) electrons. The summed E-state index contributed by atoms with van der Waals surface area (Å²) in [5, 5.41) is 3.14. The van der Waals surface area contributed by atoms with Crippen LogP contribution in [0.3, 0.4) is 0 Å². The molecule has 1 amide bonds. The molecule has 15 heavy (non-hydrogen) atoms. The van der Waals surface area contributed by atoms with Crippen LogP contribution in [0.4, 0.5) is 0 Å². The van der Waals surface area contributed by atoms with E-state index >= 15 is 0 Å². The number of likely N-dealkylation sites (tertiary alicyclic amines) is 1. The van der Waals surface area contributed by atoms with Gasteiger partial charge in [-0.15, -0.1) is 18.2 Å². The van der Waals surface area contributed by atoms with Crippen LogP contribution in [0.5, 0.6) is 0 Å². The highest BCUT2D eigenvalue weighted by Gasteiger charge is 2.16. The minimum atomic E-state index is 0.231. The summed E-state index contributed by atoms with van der Waals surface area (Å²) in [7, 11) is 0. The fraction of sp³-hybridized carbons (Fsp3) is 0.727. The lowest BCUT2D eigenvalue weighted by Crippen LogP contribution is -2.36. The summed E-state index contributed by atoms with van der Waals surface area (Å²) in [4.78, 5) is 13.5. The SMILES string of the molecule is C#CCSCCNCC(=O)N1CCCC1. The maximum absolute atomic E-state index is 11.6. The molecule has 1 fully saturated rings. The summed E-state index contributed by atoms with van der Waals surface area (Å²) in [6.07, 6.45) is 7.44. The number of carbonyl (C=O) groups excluding carboxylic acids is 1. The van der Waals surface area contributed by atoms with E-state index in [1.165, 1.54) is 0 Å². The molecule has 1 rings (SSSR count). The Morgan fingerprint density at radius 3 is 2.87 bits per heavy atom. The molecule has 1 aliphatic heterocycles. The molecule has 0 aromatic rings. The first-order chi connectivity index (χ1) is 7.34. The van der Waals surface area contributed by atoms with Gasteiger partial charge in [0.25, 0.3) is 0 Å². The summed E-state index contributed by atoms with van der Waals surface area (Å²) in [6, 6.07) is 0. The van der Waals surface area contributed by atoms with Gasteiger partial charge in [-0.25, -0.2) is 0 Å². The predicted octanol–water partition coefficient (Wildman–Crippen LogP) is 0.565. The monoisotopic (exact) mass is 226 g/mol. The molecule has 0 aliphatic carbocycles. The quantitative estimate of drug-likeness (QED) is 0.531. The van der Waals surface area contributed by atoms with Gasteiger partial charge in [0.15, 0.2) is 0 Å². The first kappa shape index (κ1) is 12.4. The van der Waals surface area contributed by atoms with Crippen molar-refractivity contribution in [2.75, 3.05) is 37.7 Å². The zero-order chi connectivity index (χ0) is 10.9. The van der Waals surface area contributed by atoms with Crippen LogP contribution in [0, 0.1) is 12.3 Å². The third kappa shape index (κ3) is 5.10. The van der Waals surface area contributed by atoms with E-state index in [2.05, 4.69) is 11.2 Å². The molecule has 1 aliphatic rings. The van der Waals surface area contributed by atoms with E-state index in [4.69, 9.17) is 6.42 Å². The highest BCUT2D eigenvalue weighted by molar-refractivity contribution is 7.99. The van der Waals surface area contributed by atoms with Gasteiger partial charge in [-0.05, 0) is 12.8 Å². The van der Waals surface area contributed by atoms with Crippen LogP contribution >= 0.6 is 11.8 Å². The number of rotatable bonds is 6. The van der Waals surface area contributed by atoms with Crippen molar-refractivity contribution >= 4 is 17.7 Å². The van der Waals surface area contributed by atoms with Crippen molar-refractivity contribution in [1.29, 1.82) is 0 Å². The Labute approximate surface area is 96.0 Å². The van der Waals surface area contributed by atoms with Gasteiger partial charge >= 0.3 is 0 Å². The molecule has 3 nitrogen and oxygen atoms in total. The summed E-state index contributed by atoms with van der Waals surface area (Å²) in [6.45, 7) is 3.20. The van der Waals surface area contributed by atoms with Crippen LogP contribution in [-0.2, 0) is 4.79 Å². The summed E-state index contributed by atoms with van der Waals surface area (Å²) >= 11 is 1.71. The van der Waals surface area contributed by atoms with Gasteiger partial charge in [0.05, 0.1) is 12.3 Å². The van der Waals surface area contributed by atoms with E-state index in [0.717, 1.165) is 44.0 Å². The van der Waals surface area contributed by atoms with Gasteiger partial charge in [0.1, 0.15) is 0 Å². The number of hydrogen-bond acceptors (Lipinski definition) is 3. The highest BCUT2D eigenvalue weighted by atomic mass is 32.2. The fourth-order valence-electron chi connectivity index (χ4n) is 1.55. The molecule has 0 atom stereocenters. The number of nitrogens with one attached hydrogen (secondary N) is 1. The molecule has 1 N–H and O–H groups in total. The van der Waals surface area contributed by atoms with Crippen LogP contribution in [0.2, 0.25) is 0 Å². The van der Waals surface area contributed by atoms with E-state index in [0.29, 0.717) is 6.54 Å². The van der Waals surface area contributed by atoms with Gasteiger partial charge < -0.3 is 10.2 Å². The van der Waals surface area contributed by atoms with Gasteiger partial charge in [0.2, 0.25) is 5.91 Å². The lowest BCUT2D eigenvalue weighted by Gasteiger charge is -2.15. The number of hydrogen-bond donors (Lipinski definition) is 1. The average molecular weight is 226 g/mol. The third-order valence-electron chi connectivity index (χ3n) is 2.34. The van der Waals surface area contributed by atoms with Crippen molar-refractivity contribution in [3.05, 3.63) is 0 Å². The van der Waals surface area contributed by atoms with E-state index in [9.17, 15) is 4.79 Å². The second-order valence-corrected chi connectivity index (χ2v) is 4.63. The van der Waals surface area contributed by atoms with E-state index in [1.54, 1.807) is 11.8 Å². The van der Waals surface area contributed by atoms with Crippen molar-refractivity contribution in [2.45, 2.75) is 12.8 Å². The number of thioether (sulfide) groups is 1. The first-order valence-electron chi connectivity index (χ1n) is 5.34. The first-order valence-corrected chi connectivity index (χ1v) is 6.50. The molecule has 1 saturated heterocycles. The number of carbonyl (C=O) groups is 1. The molecular formula is C11H18N2OS. The van der Waals surface area contributed by atoms with E-state index in [1.807, 2.05) is 4.90 Å². The lowest BCUT2D eigenvalue weighted by molar-refractivity contribution is -0.129. The van der Waals surface area contributed by atoms with Crippen LogP contribution in [0.1, 0.15) is 12.8 Å². The number of terminal acetylenes is 1. The predicted molar refractivity (Wildman–Crippen MR) is 64.8 cm³/mol. The zero-order valence-corrected chi connectivity index (χ0v) is 9.81. The van der Waals surface area contributed by atoms with Gasteiger partial charge in [-0.1, -0.05) is 5.92 Å².